The fourth-order valence-corrected chi connectivity index (χ4v) is 2.65. The molecule has 0 aliphatic rings. The Balaban J connectivity index is 1.91. The lowest BCUT2D eigenvalue weighted by Gasteiger charge is -2.12. The second-order valence-corrected chi connectivity index (χ2v) is 6.31. The van der Waals surface area contributed by atoms with Gasteiger partial charge in [0, 0.05) is 17.8 Å². The van der Waals surface area contributed by atoms with E-state index in [0.29, 0.717) is 17.0 Å². The van der Waals surface area contributed by atoms with E-state index in [4.69, 9.17) is 14.2 Å². The molecular weight excluding hydrogens is 380 g/mol. The molecule has 1 amide bonds. The number of nitro groups is 1. The van der Waals surface area contributed by atoms with E-state index >= 15 is 0 Å². The minimum Gasteiger partial charge on any atom is -0.490 e. The molecule has 0 saturated carbocycles. The van der Waals surface area contributed by atoms with E-state index in [1.54, 1.807) is 6.92 Å². The number of nitro benzene ring substituents is 1. The van der Waals surface area contributed by atoms with E-state index in [9.17, 15) is 19.7 Å². The maximum absolute atomic E-state index is 12.1. The van der Waals surface area contributed by atoms with Gasteiger partial charge in [-0.05, 0) is 37.5 Å². The number of aryl methyl sites for hydroxylation is 3. The molecule has 0 atom stereocenters. The van der Waals surface area contributed by atoms with Crippen LogP contribution in [0.3, 0.4) is 0 Å². The average molecular weight is 402 g/mol. The zero-order valence-corrected chi connectivity index (χ0v) is 16.6. The molecule has 0 unspecified atom stereocenters. The maximum Gasteiger partial charge on any atom is 0.344 e. The summed E-state index contributed by atoms with van der Waals surface area (Å²) in [5.74, 6) is -0.678. The second kappa shape index (κ2) is 9.54. The van der Waals surface area contributed by atoms with Gasteiger partial charge < -0.3 is 19.5 Å². The van der Waals surface area contributed by atoms with Crippen molar-refractivity contribution in [3.8, 4) is 11.5 Å². The summed E-state index contributed by atoms with van der Waals surface area (Å²) in [7, 11) is 1.29. The Labute approximate surface area is 167 Å². The number of nitrogens with one attached hydrogen (secondary N) is 1. The number of nitrogens with zero attached hydrogens (tertiary/aromatic N) is 1. The molecule has 0 aliphatic heterocycles. The topological polar surface area (TPSA) is 117 Å². The normalized spacial score (nSPS) is 10.2. The van der Waals surface area contributed by atoms with Gasteiger partial charge >= 0.3 is 11.7 Å². The quantitative estimate of drug-likeness (QED) is 0.410. The average Bonchev–Trinajstić information content (AvgIpc) is 2.67. The van der Waals surface area contributed by atoms with Crippen LogP contribution < -0.4 is 14.8 Å². The summed E-state index contributed by atoms with van der Waals surface area (Å²) < 4.78 is 15.4. The molecule has 1 N–H and O–H groups in total. The SMILES string of the molecule is COc1cc(NC(=O)COC(=O)COc2c(C)cccc2C)c(C)cc1[N+](=O)[O-]. The summed E-state index contributed by atoms with van der Waals surface area (Å²) in [6, 6.07) is 8.25. The van der Waals surface area contributed by atoms with Crippen LogP contribution in [0.5, 0.6) is 11.5 Å². The Bertz CT molecular complexity index is 920. The number of ether oxygens (including phenoxy) is 3. The molecule has 2 aromatic rings. The number of hydrogen-bond donors (Lipinski definition) is 1. The summed E-state index contributed by atoms with van der Waals surface area (Å²) in [5.41, 5.74) is 2.35. The molecule has 0 spiro atoms. The summed E-state index contributed by atoms with van der Waals surface area (Å²) >= 11 is 0. The number of para-hydroxylation sites is 1. The van der Waals surface area contributed by atoms with Gasteiger partial charge in [0.05, 0.1) is 12.0 Å². The van der Waals surface area contributed by atoms with Crippen LogP contribution >= 0.6 is 0 Å². The van der Waals surface area contributed by atoms with Crippen LogP contribution in [0.2, 0.25) is 0 Å². The Hall–Kier alpha value is -3.62. The number of rotatable bonds is 8. The van der Waals surface area contributed by atoms with Crippen LogP contribution in [-0.4, -0.2) is 37.1 Å². The van der Waals surface area contributed by atoms with Crippen molar-refractivity contribution in [2.24, 2.45) is 0 Å². The molecule has 0 bridgehead atoms. The fourth-order valence-electron chi connectivity index (χ4n) is 2.65. The van der Waals surface area contributed by atoms with Crippen molar-refractivity contribution in [3.05, 3.63) is 57.1 Å². The van der Waals surface area contributed by atoms with Crippen molar-refractivity contribution in [2.75, 3.05) is 25.6 Å². The molecule has 2 rings (SSSR count). The van der Waals surface area contributed by atoms with Gasteiger partial charge in [-0.1, -0.05) is 18.2 Å². The molecule has 0 heterocycles. The third-order valence-corrected chi connectivity index (χ3v) is 4.10. The highest BCUT2D eigenvalue weighted by Crippen LogP contribution is 2.32. The molecule has 2 aromatic carbocycles. The second-order valence-electron chi connectivity index (χ2n) is 6.31. The number of hydrogen-bond acceptors (Lipinski definition) is 7. The van der Waals surface area contributed by atoms with Gasteiger partial charge in [0.25, 0.3) is 5.91 Å². The van der Waals surface area contributed by atoms with Crippen LogP contribution in [0.15, 0.2) is 30.3 Å². The molecule has 9 nitrogen and oxygen atoms in total. The molecule has 154 valence electrons. The number of amides is 1. The van der Waals surface area contributed by atoms with E-state index in [2.05, 4.69) is 5.32 Å². The van der Waals surface area contributed by atoms with Crippen molar-refractivity contribution in [2.45, 2.75) is 20.8 Å². The first kappa shape index (κ1) is 21.7. The number of esters is 1. The van der Waals surface area contributed by atoms with E-state index in [0.717, 1.165) is 11.1 Å². The monoisotopic (exact) mass is 402 g/mol. The predicted molar refractivity (Wildman–Crippen MR) is 105 cm³/mol. The predicted octanol–water partition coefficient (Wildman–Crippen LogP) is 3.09. The summed E-state index contributed by atoms with van der Waals surface area (Å²) in [4.78, 5) is 34.4. The fraction of sp³-hybridized carbons (Fsp3) is 0.300. The Morgan fingerprint density at radius 3 is 2.31 bits per heavy atom. The highest BCUT2D eigenvalue weighted by atomic mass is 16.6. The smallest absolute Gasteiger partial charge is 0.344 e. The highest BCUT2D eigenvalue weighted by molar-refractivity contribution is 5.94. The minimum absolute atomic E-state index is 0.00916. The van der Waals surface area contributed by atoms with E-state index in [-0.39, 0.29) is 18.0 Å². The van der Waals surface area contributed by atoms with Gasteiger partial charge in [-0.25, -0.2) is 4.79 Å². The van der Waals surface area contributed by atoms with Crippen LogP contribution in [0.4, 0.5) is 11.4 Å². The van der Waals surface area contributed by atoms with Crippen molar-refractivity contribution < 1.29 is 28.7 Å². The first-order valence-corrected chi connectivity index (χ1v) is 8.70. The molecule has 0 radical (unpaired) electrons. The molecule has 0 aromatic heterocycles. The Kier molecular flexibility index (Phi) is 7.13. The summed E-state index contributed by atoms with van der Waals surface area (Å²) in [6.45, 7) is 4.48. The van der Waals surface area contributed by atoms with Gasteiger partial charge in [0.2, 0.25) is 0 Å². The Morgan fingerprint density at radius 2 is 1.72 bits per heavy atom. The number of carbonyl (C=O) groups excluding carboxylic acids is 2. The standard InChI is InChI=1S/C20H22N2O7/c1-12-6-5-7-13(2)20(12)29-11-19(24)28-10-18(23)21-15-9-17(27-4)16(22(25)26)8-14(15)3/h5-9H,10-11H2,1-4H3,(H,21,23). The van der Waals surface area contributed by atoms with Crippen molar-refractivity contribution >= 4 is 23.3 Å². The molecule has 0 fully saturated rings. The van der Waals surface area contributed by atoms with Gasteiger partial charge in [0.1, 0.15) is 5.75 Å². The third kappa shape index (κ3) is 5.68. The van der Waals surface area contributed by atoms with E-state index in [1.807, 2.05) is 32.0 Å². The zero-order chi connectivity index (χ0) is 21.6. The molecule has 9 heteroatoms. The zero-order valence-electron chi connectivity index (χ0n) is 16.6. The molecule has 29 heavy (non-hydrogen) atoms. The Morgan fingerprint density at radius 1 is 1.07 bits per heavy atom. The van der Waals surface area contributed by atoms with Gasteiger partial charge in [-0.15, -0.1) is 0 Å². The lowest BCUT2D eigenvalue weighted by atomic mass is 10.1. The highest BCUT2D eigenvalue weighted by Gasteiger charge is 2.19. The number of benzene rings is 2. The van der Waals surface area contributed by atoms with Crippen LogP contribution in [0.1, 0.15) is 16.7 Å². The molecular formula is C20H22N2O7. The number of carbonyl (C=O) groups is 2. The number of methoxy groups -OCH3 is 1. The first-order valence-electron chi connectivity index (χ1n) is 8.70. The van der Waals surface area contributed by atoms with Crippen molar-refractivity contribution in [3.63, 3.8) is 0 Å². The summed E-state index contributed by atoms with van der Waals surface area (Å²) in [6.07, 6.45) is 0. The molecule has 0 aliphatic carbocycles. The number of anilines is 1. The van der Waals surface area contributed by atoms with Gasteiger partial charge in [0.15, 0.2) is 19.0 Å². The van der Waals surface area contributed by atoms with Crippen LogP contribution in [0.25, 0.3) is 0 Å². The third-order valence-electron chi connectivity index (χ3n) is 4.10. The molecule has 0 saturated heterocycles. The largest absolute Gasteiger partial charge is 0.490 e. The first-order chi connectivity index (χ1) is 13.7. The van der Waals surface area contributed by atoms with Crippen LogP contribution in [0, 0.1) is 30.9 Å². The lowest BCUT2D eigenvalue weighted by molar-refractivity contribution is -0.385. The van der Waals surface area contributed by atoms with Crippen molar-refractivity contribution in [1.29, 1.82) is 0 Å². The lowest BCUT2D eigenvalue weighted by Crippen LogP contribution is -2.24. The maximum atomic E-state index is 12.1. The summed E-state index contributed by atoms with van der Waals surface area (Å²) in [5, 5.41) is 13.6. The minimum atomic E-state index is -0.694. The van der Waals surface area contributed by atoms with Gasteiger partial charge in [-0.2, -0.15) is 0 Å². The van der Waals surface area contributed by atoms with Gasteiger partial charge in [-0.3, -0.25) is 14.9 Å². The van der Waals surface area contributed by atoms with E-state index in [1.165, 1.54) is 19.2 Å². The van der Waals surface area contributed by atoms with E-state index < -0.39 is 23.4 Å². The van der Waals surface area contributed by atoms with Crippen LogP contribution in [-0.2, 0) is 14.3 Å². The van der Waals surface area contributed by atoms with Crippen molar-refractivity contribution in [1.82, 2.24) is 0 Å².